The number of alkyl halides is 3. The first-order chi connectivity index (χ1) is 21.3. The smallest absolute Gasteiger partial charge is 0.378 e. The first kappa shape index (κ1) is 35.6. The quantitative estimate of drug-likeness (QED) is 0.172. The molecule has 0 fully saturated rings. The van der Waals surface area contributed by atoms with Gasteiger partial charge < -0.3 is 35.1 Å². The zero-order valence-electron chi connectivity index (χ0n) is 25.2. The van der Waals surface area contributed by atoms with E-state index in [1.54, 1.807) is 30.3 Å². The van der Waals surface area contributed by atoms with Gasteiger partial charge in [-0.05, 0) is 56.1 Å². The van der Waals surface area contributed by atoms with E-state index < -0.39 is 27.4 Å². The Bertz CT molecular complexity index is 1490. The summed E-state index contributed by atoms with van der Waals surface area (Å²) >= 11 is 0. The third-order valence-corrected chi connectivity index (χ3v) is 7.08. The number of likely N-dealkylation sites (N-methyl/N-ethyl adjacent to an activating group) is 1. The molecule has 0 saturated carbocycles. The minimum atomic E-state index is -4.73. The van der Waals surface area contributed by atoms with Gasteiger partial charge in [-0.25, -0.2) is 13.4 Å². The number of nitrogens with one attached hydrogen (secondary N) is 3. The summed E-state index contributed by atoms with van der Waals surface area (Å²) in [5.74, 6) is -0.957. The van der Waals surface area contributed by atoms with Crippen LogP contribution in [0.4, 0.5) is 36.3 Å². The fraction of sp³-hybridized carbons (Fsp3) is 0.414. The fourth-order valence-corrected chi connectivity index (χ4v) is 4.36. The molecule has 16 heteroatoms. The molecule has 3 N–H and O–H groups in total. The molecule has 1 aromatic heterocycles. The first-order valence-corrected chi connectivity index (χ1v) is 15.7. The lowest BCUT2D eigenvalue weighted by Crippen LogP contribution is -2.21. The van der Waals surface area contributed by atoms with Gasteiger partial charge in [0.2, 0.25) is 11.9 Å². The van der Waals surface area contributed by atoms with Gasteiger partial charge in [0.25, 0.3) is 0 Å². The van der Waals surface area contributed by atoms with Crippen molar-refractivity contribution in [2.24, 2.45) is 0 Å². The number of hydrogen-bond donors (Lipinski definition) is 3. The Labute approximate surface area is 260 Å². The number of rotatable bonds is 18. The van der Waals surface area contributed by atoms with Crippen LogP contribution < -0.4 is 16.0 Å². The van der Waals surface area contributed by atoms with E-state index in [2.05, 4.69) is 25.9 Å². The number of amides is 1. The minimum absolute atomic E-state index is 0.0491. The fourth-order valence-electron chi connectivity index (χ4n) is 3.67. The minimum Gasteiger partial charge on any atom is -0.378 e. The average Bonchev–Trinajstić information content (AvgIpc) is 2.97. The molecule has 0 radical (unpaired) electrons. The van der Waals surface area contributed by atoms with Crippen LogP contribution in [0.15, 0.2) is 59.6 Å². The van der Waals surface area contributed by atoms with E-state index in [1.807, 2.05) is 19.0 Å². The van der Waals surface area contributed by atoms with E-state index in [9.17, 15) is 26.4 Å². The Morgan fingerprint density at radius 2 is 1.58 bits per heavy atom. The highest BCUT2D eigenvalue weighted by atomic mass is 32.2. The van der Waals surface area contributed by atoms with E-state index in [0.717, 1.165) is 12.8 Å². The second kappa shape index (κ2) is 17.0. The molecule has 0 spiro atoms. The molecule has 1 heterocycles. The normalized spacial score (nSPS) is 11.9. The van der Waals surface area contributed by atoms with Crippen molar-refractivity contribution in [1.82, 2.24) is 14.9 Å². The molecule has 246 valence electrons. The largest absolute Gasteiger partial charge is 0.421 e. The molecule has 0 atom stereocenters. The van der Waals surface area contributed by atoms with Crippen LogP contribution in [0.25, 0.3) is 0 Å². The van der Waals surface area contributed by atoms with Gasteiger partial charge in [0.05, 0.1) is 37.9 Å². The van der Waals surface area contributed by atoms with Crippen LogP contribution in [0.2, 0.25) is 0 Å². The van der Waals surface area contributed by atoms with Gasteiger partial charge in [0.15, 0.2) is 9.84 Å². The number of nitrogens with zero attached hydrogens (tertiary/aromatic N) is 3. The lowest BCUT2D eigenvalue weighted by Gasteiger charge is -2.15. The van der Waals surface area contributed by atoms with Crippen molar-refractivity contribution < 1.29 is 40.6 Å². The number of aromatic nitrogens is 2. The van der Waals surface area contributed by atoms with Crippen molar-refractivity contribution in [1.29, 1.82) is 0 Å². The van der Waals surface area contributed by atoms with Gasteiger partial charge >= 0.3 is 6.18 Å². The molecule has 1 amide bonds. The van der Waals surface area contributed by atoms with Crippen LogP contribution in [-0.2, 0) is 41.6 Å². The SMILES string of the molecule is CN(C)CCOCCOCCOCC(=O)Nc1ccc(Nc2ncc(C(F)(F)F)c(NCc3cccc(S(C)(=O)=O)c3)n2)cc1. The zero-order valence-corrected chi connectivity index (χ0v) is 26.0. The van der Waals surface area contributed by atoms with Gasteiger partial charge in [0, 0.05) is 36.9 Å². The summed E-state index contributed by atoms with van der Waals surface area (Å²) in [6, 6.07) is 12.3. The average molecular weight is 655 g/mol. The van der Waals surface area contributed by atoms with E-state index in [0.29, 0.717) is 49.6 Å². The van der Waals surface area contributed by atoms with Gasteiger partial charge in [-0.1, -0.05) is 12.1 Å². The van der Waals surface area contributed by atoms with Gasteiger partial charge in [-0.2, -0.15) is 18.2 Å². The molecule has 0 aliphatic heterocycles. The van der Waals surface area contributed by atoms with Crippen molar-refractivity contribution in [3.8, 4) is 0 Å². The first-order valence-electron chi connectivity index (χ1n) is 13.8. The summed E-state index contributed by atoms with van der Waals surface area (Å²) in [7, 11) is 0.445. The summed E-state index contributed by atoms with van der Waals surface area (Å²) in [4.78, 5) is 22.0. The zero-order chi connectivity index (χ0) is 32.9. The molecule has 3 rings (SSSR count). The van der Waals surface area contributed by atoms with Crippen molar-refractivity contribution in [2.75, 3.05) is 82.5 Å². The van der Waals surface area contributed by atoms with Gasteiger partial charge in [-0.3, -0.25) is 4.79 Å². The highest BCUT2D eigenvalue weighted by molar-refractivity contribution is 7.90. The van der Waals surface area contributed by atoms with Crippen molar-refractivity contribution >= 4 is 38.9 Å². The van der Waals surface area contributed by atoms with Crippen molar-refractivity contribution in [2.45, 2.75) is 17.6 Å². The van der Waals surface area contributed by atoms with Crippen LogP contribution in [0, 0.1) is 0 Å². The highest BCUT2D eigenvalue weighted by Gasteiger charge is 2.35. The molecule has 0 aliphatic rings. The van der Waals surface area contributed by atoms with E-state index in [4.69, 9.17) is 14.2 Å². The molecule has 0 aliphatic carbocycles. The maximum atomic E-state index is 13.6. The summed E-state index contributed by atoms with van der Waals surface area (Å²) in [6.45, 7) is 2.65. The summed E-state index contributed by atoms with van der Waals surface area (Å²) in [6.07, 6.45) is -3.03. The Morgan fingerprint density at radius 3 is 2.22 bits per heavy atom. The summed E-state index contributed by atoms with van der Waals surface area (Å²) < 4.78 is 80.7. The number of benzene rings is 2. The number of ether oxygens (including phenoxy) is 3. The number of anilines is 4. The van der Waals surface area contributed by atoms with Crippen LogP contribution in [0.5, 0.6) is 0 Å². The van der Waals surface area contributed by atoms with E-state index in [1.165, 1.54) is 18.2 Å². The Balaban J connectivity index is 1.48. The maximum absolute atomic E-state index is 13.6. The molecular formula is C29H37F3N6O6S. The van der Waals surface area contributed by atoms with E-state index >= 15 is 0 Å². The van der Waals surface area contributed by atoms with Crippen LogP contribution in [0.1, 0.15) is 11.1 Å². The van der Waals surface area contributed by atoms with Crippen LogP contribution in [-0.4, -0.2) is 95.7 Å². The van der Waals surface area contributed by atoms with Gasteiger partial charge in [0.1, 0.15) is 18.0 Å². The molecular weight excluding hydrogens is 617 g/mol. The molecule has 0 unspecified atom stereocenters. The van der Waals surface area contributed by atoms with Crippen LogP contribution >= 0.6 is 0 Å². The second-order valence-corrected chi connectivity index (χ2v) is 12.1. The second-order valence-electron chi connectivity index (χ2n) is 10.1. The number of halogens is 3. The number of sulfone groups is 1. The third-order valence-electron chi connectivity index (χ3n) is 5.97. The number of carbonyl (C=O) groups excluding carboxylic acids is 1. The lowest BCUT2D eigenvalue weighted by atomic mass is 10.2. The third kappa shape index (κ3) is 13.0. The number of carbonyl (C=O) groups is 1. The molecule has 12 nitrogen and oxygen atoms in total. The Hall–Kier alpha value is -3.83. The predicted molar refractivity (Wildman–Crippen MR) is 163 cm³/mol. The topological polar surface area (TPSA) is 144 Å². The standard InChI is InChI=1S/C29H37F3N6O6S/c1-38(2)11-12-42-13-14-43-15-16-44-20-26(39)35-22-7-9-23(10-8-22)36-28-34-19-25(29(30,31)32)27(37-28)33-18-21-5-4-6-24(17-21)45(3,40)41/h4-10,17,19H,11-16,18,20H2,1-3H3,(H,35,39)(H2,33,34,36,37). The highest BCUT2D eigenvalue weighted by Crippen LogP contribution is 2.34. The van der Waals surface area contributed by atoms with E-state index in [-0.39, 0.29) is 36.5 Å². The predicted octanol–water partition coefficient (Wildman–Crippen LogP) is 3.80. The van der Waals surface area contributed by atoms with Gasteiger partial charge in [-0.15, -0.1) is 0 Å². The van der Waals surface area contributed by atoms with Crippen LogP contribution in [0.3, 0.4) is 0 Å². The monoisotopic (exact) mass is 654 g/mol. The maximum Gasteiger partial charge on any atom is 0.421 e. The molecule has 3 aromatic rings. The molecule has 45 heavy (non-hydrogen) atoms. The van der Waals surface area contributed by atoms with Crippen molar-refractivity contribution in [3.63, 3.8) is 0 Å². The summed E-state index contributed by atoms with van der Waals surface area (Å²) in [5.41, 5.74) is 0.307. The lowest BCUT2D eigenvalue weighted by molar-refractivity contribution is -0.137. The molecule has 0 bridgehead atoms. The molecule has 0 saturated heterocycles. The Kier molecular flexibility index (Phi) is 13.5. The number of hydrogen-bond acceptors (Lipinski definition) is 11. The summed E-state index contributed by atoms with van der Waals surface area (Å²) in [5, 5.41) is 8.15. The van der Waals surface area contributed by atoms with Crippen molar-refractivity contribution in [3.05, 3.63) is 65.9 Å². The Morgan fingerprint density at radius 1 is 0.933 bits per heavy atom. The molecule has 2 aromatic carbocycles.